The van der Waals surface area contributed by atoms with E-state index in [1.54, 1.807) is 6.07 Å². The number of thioether (sulfide) groups is 1. The Hall–Kier alpha value is -1.19. The van der Waals surface area contributed by atoms with Crippen LogP contribution in [0, 0.1) is 0 Å². The molecule has 2 aromatic carbocycles. The zero-order valence-corrected chi connectivity index (χ0v) is 16.7. The van der Waals surface area contributed by atoms with Crippen LogP contribution in [0.15, 0.2) is 51.8 Å². The van der Waals surface area contributed by atoms with Crippen molar-refractivity contribution in [1.29, 1.82) is 0 Å². The second-order valence-electron chi connectivity index (χ2n) is 6.38. The third-order valence-corrected chi connectivity index (χ3v) is 6.35. The number of rotatable bonds is 3. The minimum Gasteiger partial charge on any atom is -0.373 e. The van der Waals surface area contributed by atoms with Gasteiger partial charge in [0, 0.05) is 21.2 Å². The summed E-state index contributed by atoms with van der Waals surface area (Å²) in [5.74, 6) is 0. The first-order valence-corrected chi connectivity index (χ1v) is 10.0. The molecule has 152 valence electrons. The van der Waals surface area contributed by atoms with Gasteiger partial charge in [0.1, 0.15) is 0 Å². The van der Waals surface area contributed by atoms with E-state index in [-0.39, 0.29) is 5.25 Å². The predicted molar refractivity (Wildman–Crippen MR) is 98.2 cm³/mol. The lowest BCUT2D eigenvalue weighted by atomic mass is 10.00. The maximum absolute atomic E-state index is 12.9. The van der Waals surface area contributed by atoms with E-state index in [2.05, 4.69) is 15.9 Å². The quantitative estimate of drug-likeness (QED) is 0.417. The van der Waals surface area contributed by atoms with Gasteiger partial charge in [-0.05, 0) is 48.7 Å². The molecule has 0 spiro atoms. The summed E-state index contributed by atoms with van der Waals surface area (Å²) in [5, 5.41) is -0.00331. The summed E-state index contributed by atoms with van der Waals surface area (Å²) in [5.41, 5.74) is -0.859. The fraction of sp³-hybridized carbons (Fsp3) is 0.368. The Morgan fingerprint density at radius 3 is 2.25 bits per heavy atom. The molecule has 2 atom stereocenters. The summed E-state index contributed by atoms with van der Waals surface area (Å²) in [7, 11) is 0. The van der Waals surface area contributed by atoms with Gasteiger partial charge in [-0.2, -0.15) is 26.3 Å². The van der Waals surface area contributed by atoms with Crippen molar-refractivity contribution in [3.8, 4) is 0 Å². The van der Waals surface area contributed by atoms with Crippen molar-refractivity contribution in [3.63, 3.8) is 0 Å². The maximum atomic E-state index is 12.9. The van der Waals surface area contributed by atoms with Gasteiger partial charge in [0.25, 0.3) is 0 Å². The lowest BCUT2D eigenvalue weighted by molar-refractivity contribution is -0.138. The van der Waals surface area contributed by atoms with Crippen molar-refractivity contribution in [2.45, 2.75) is 41.4 Å². The molecule has 9 heteroatoms. The summed E-state index contributed by atoms with van der Waals surface area (Å²) in [6, 6.07) is 8.54. The molecule has 0 aromatic heterocycles. The van der Waals surface area contributed by atoms with Crippen LogP contribution < -0.4 is 0 Å². The van der Waals surface area contributed by atoms with Crippen molar-refractivity contribution >= 4 is 27.7 Å². The molecule has 1 aliphatic rings. The van der Waals surface area contributed by atoms with Gasteiger partial charge >= 0.3 is 12.4 Å². The molecule has 0 saturated carbocycles. The molecule has 1 heterocycles. The first kappa shape index (κ1) is 21.5. The van der Waals surface area contributed by atoms with Crippen LogP contribution in [-0.4, -0.2) is 11.9 Å². The predicted octanol–water partition coefficient (Wildman–Crippen LogP) is 7.50. The molecule has 1 fully saturated rings. The largest absolute Gasteiger partial charge is 0.416 e. The molecular weight excluding hydrogens is 470 g/mol. The smallest absolute Gasteiger partial charge is 0.373 e. The van der Waals surface area contributed by atoms with E-state index in [4.69, 9.17) is 4.74 Å². The second kappa shape index (κ2) is 8.28. The van der Waals surface area contributed by atoms with Gasteiger partial charge in [0.05, 0.1) is 17.2 Å². The number of halogens is 7. The summed E-state index contributed by atoms with van der Waals surface area (Å²) in [6.07, 6.45) is -8.12. The maximum Gasteiger partial charge on any atom is 0.416 e. The van der Waals surface area contributed by atoms with Crippen LogP contribution in [0.2, 0.25) is 0 Å². The van der Waals surface area contributed by atoms with Crippen LogP contribution >= 0.6 is 27.7 Å². The SMILES string of the molecule is FC(F)(F)c1cccc(SC2CCOC(c3ccc(C(F)(F)F)cc3Br)C2)c1. The van der Waals surface area contributed by atoms with Gasteiger partial charge in [-0.1, -0.05) is 28.1 Å². The number of hydrogen-bond donors (Lipinski definition) is 0. The molecule has 3 rings (SSSR count). The van der Waals surface area contributed by atoms with Gasteiger partial charge in [-0.15, -0.1) is 11.8 Å². The molecule has 1 saturated heterocycles. The highest BCUT2D eigenvalue weighted by molar-refractivity contribution is 9.10. The molecule has 1 aliphatic heterocycles. The van der Waals surface area contributed by atoms with Crippen molar-refractivity contribution in [2.24, 2.45) is 0 Å². The highest BCUT2D eigenvalue weighted by Crippen LogP contribution is 2.42. The molecule has 2 unspecified atom stereocenters. The fourth-order valence-corrected chi connectivity index (χ4v) is 4.85. The lowest BCUT2D eigenvalue weighted by Crippen LogP contribution is -2.22. The van der Waals surface area contributed by atoms with Gasteiger partial charge in [-0.25, -0.2) is 0 Å². The summed E-state index contributed by atoms with van der Waals surface area (Å²) in [4.78, 5) is 0.506. The summed E-state index contributed by atoms with van der Waals surface area (Å²) in [6.45, 7) is 0.384. The van der Waals surface area contributed by atoms with Crippen LogP contribution in [-0.2, 0) is 17.1 Å². The van der Waals surface area contributed by atoms with E-state index in [9.17, 15) is 26.3 Å². The zero-order valence-electron chi connectivity index (χ0n) is 14.3. The van der Waals surface area contributed by atoms with E-state index in [0.29, 0.717) is 34.4 Å². The average Bonchev–Trinajstić information content (AvgIpc) is 2.60. The van der Waals surface area contributed by atoms with Crippen LogP contribution in [0.3, 0.4) is 0 Å². The monoisotopic (exact) mass is 484 g/mol. The van der Waals surface area contributed by atoms with Crippen LogP contribution in [0.25, 0.3) is 0 Å². The second-order valence-corrected chi connectivity index (χ2v) is 8.61. The molecule has 0 bridgehead atoms. The van der Waals surface area contributed by atoms with Crippen LogP contribution in [0.5, 0.6) is 0 Å². The van der Waals surface area contributed by atoms with Crippen LogP contribution in [0.1, 0.15) is 35.6 Å². The Morgan fingerprint density at radius 2 is 1.61 bits per heavy atom. The number of hydrogen-bond acceptors (Lipinski definition) is 2. The highest BCUT2D eigenvalue weighted by Gasteiger charge is 2.33. The molecule has 2 aromatic rings. The van der Waals surface area contributed by atoms with Gasteiger partial charge in [0.15, 0.2) is 0 Å². The van der Waals surface area contributed by atoms with E-state index >= 15 is 0 Å². The minimum atomic E-state index is -4.43. The molecular formula is C19H15BrF6OS. The third-order valence-electron chi connectivity index (χ3n) is 4.37. The Kier molecular flexibility index (Phi) is 6.36. The Balaban J connectivity index is 1.73. The van der Waals surface area contributed by atoms with Crippen molar-refractivity contribution in [2.75, 3.05) is 6.61 Å². The Labute approximate surface area is 170 Å². The Bertz CT molecular complexity index is 836. The van der Waals surface area contributed by atoms with Gasteiger partial charge in [0.2, 0.25) is 0 Å². The van der Waals surface area contributed by atoms with Crippen molar-refractivity contribution in [3.05, 3.63) is 63.6 Å². The topological polar surface area (TPSA) is 9.23 Å². The number of ether oxygens (including phenoxy) is 1. The Morgan fingerprint density at radius 1 is 0.929 bits per heavy atom. The van der Waals surface area contributed by atoms with Gasteiger partial charge in [-0.3, -0.25) is 0 Å². The zero-order chi connectivity index (χ0) is 20.5. The molecule has 0 radical (unpaired) electrons. The number of benzene rings is 2. The molecule has 0 amide bonds. The van der Waals surface area contributed by atoms with E-state index in [1.165, 1.54) is 23.9 Å². The van der Waals surface area contributed by atoms with Gasteiger partial charge < -0.3 is 4.74 Å². The molecule has 0 N–H and O–H groups in total. The van der Waals surface area contributed by atoms with Crippen LogP contribution in [0.4, 0.5) is 26.3 Å². The minimum absolute atomic E-state index is 0.00331. The normalized spacial score (nSPS) is 21.0. The van der Waals surface area contributed by atoms with E-state index < -0.39 is 29.6 Å². The first-order chi connectivity index (χ1) is 13.0. The van der Waals surface area contributed by atoms with E-state index in [1.807, 2.05) is 0 Å². The van der Waals surface area contributed by atoms with Crippen molar-refractivity contribution in [1.82, 2.24) is 0 Å². The highest BCUT2D eigenvalue weighted by atomic mass is 79.9. The third kappa shape index (κ3) is 5.24. The molecule has 28 heavy (non-hydrogen) atoms. The summed E-state index contributed by atoms with van der Waals surface area (Å²) < 4.78 is 83.1. The fourth-order valence-electron chi connectivity index (χ4n) is 2.99. The van der Waals surface area contributed by atoms with E-state index in [0.717, 1.165) is 24.3 Å². The summed E-state index contributed by atoms with van der Waals surface area (Å²) >= 11 is 4.51. The first-order valence-electron chi connectivity index (χ1n) is 8.36. The lowest BCUT2D eigenvalue weighted by Gasteiger charge is -2.30. The standard InChI is InChI=1S/C19H15BrF6OS/c20-16-9-12(19(24,25)26)4-5-15(16)17-10-14(6-7-27-17)28-13-3-1-2-11(8-13)18(21,22)23/h1-5,8-9,14,17H,6-7,10H2. The molecule has 0 aliphatic carbocycles. The average molecular weight is 485 g/mol. The number of alkyl halides is 6. The molecule has 1 nitrogen and oxygen atoms in total. The van der Waals surface area contributed by atoms with Crippen molar-refractivity contribution < 1.29 is 31.1 Å².